The Bertz CT molecular complexity index is 1280. The van der Waals surface area contributed by atoms with Crippen molar-refractivity contribution in [2.75, 3.05) is 18.4 Å². The number of H-pyrrole nitrogens is 1. The fourth-order valence-corrected chi connectivity index (χ4v) is 4.06. The maximum atomic E-state index is 13.1. The fourth-order valence-electron chi connectivity index (χ4n) is 4.06. The standard InChI is InChI=1S/C24H23FN6O2/c25-18-2-4-22(27-13-18)28-24(33)23-20-10-16(1-3-21(20)29-30-23)17-9-15(11-26-12-17)14-31-7-5-19(32)6-8-31/h1-4,9-13,19,32H,5-8,14H2,(H,29,30)(H,27,28,33). The van der Waals surface area contributed by atoms with Crippen LogP contribution < -0.4 is 5.32 Å². The van der Waals surface area contributed by atoms with Crippen LogP contribution in [0.4, 0.5) is 10.2 Å². The predicted octanol–water partition coefficient (Wildman–Crippen LogP) is 3.37. The molecule has 8 nitrogen and oxygen atoms in total. The number of nitrogens with zero attached hydrogens (tertiary/aromatic N) is 4. The molecule has 0 saturated carbocycles. The van der Waals surface area contributed by atoms with E-state index in [0.717, 1.165) is 60.9 Å². The lowest BCUT2D eigenvalue weighted by Gasteiger charge is -2.29. The third-order valence-electron chi connectivity index (χ3n) is 5.84. The summed E-state index contributed by atoms with van der Waals surface area (Å²) in [6, 6.07) is 10.5. The number of pyridine rings is 2. The molecule has 168 valence electrons. The Hall–Kier alpha value is -3.69. The Morgan fingerprint density at radius 3 is 2.76 bits per heavy atom. The molecule has 1 aromatic carbocycles. The first-order valence-electron chi connectivity index (χ1n) is 10.8. The van der Waals surface area contributed by atoms with E-state index in [1.807, 2.05) is 24.4 Å². The van der Waals surface area contributed by atoms with Crippen LogP contribution in [0.5, 0.6) is 0 Å². The van der Waals surface area contributed by atoms with Crippen LogP contribution in [0.15, 0.2) is 55.0 Å². The first-order valence-corrected chi connectivity index (χ1v) is 10.8. The summed E-state index contributed by atoms with van der Waals surface area (Å²) in [7, 11) is 0. The molecule has 1 amide bonds. The number of aromatic nitrogens is 4. The van der Waals surface area contributed by atoms with Crippen LogP contribution in [-0.4, -0.2) is 55.3 Å². The number of likely N-dealkylation sites (tertiary alicyclic amines) is 1. The van der Waals surface area contributed by atoms with Crippen molar-refractivity contribution in [3.05, 3.63) is 72.1 Å². The molecule has 5 rings (SSSR count). The number of amides is 1. The molecule has 3 N–H and O–H groups in total. The van der Waals surface area contributed by atoms with Gasteiger partial charge >= 0.3 is 0 Å². The van der Waals surface area contributed by atoms with E-state index in [1.54, 1.807) is 6.20 Å². The lowest BCUT2D eigenvalue weighted by molar-refractivity contribution is 0.0792. The summed E-state index contributed by atoms with van der Waals surface area (Å²) >= 11 is 0. The number of benzene rings is 1. The van der Waals surface area contributed by atoms with Crippen molar-refractivity contribution in [2.24, 2.45) is 0 Å². The number of rotatable bonds is 5. The van der Waals surface area contributed by atoms with Crippen molar-refractivity contribution in [3.8, 4) is 11.1 Å². The summed E-state index contributed by atoms with van der Waals surface area (Å²) in [5.41, 5.74) is 3.91. The molecule has 9 heteroatoms. The molecule has 1 fully saturated rings. The van der Waals surface area contributed by atoms with E-state index in [2.05, 4.69) is 36.4 Å². The second-order valence-electron chi connectivity index (χ2n) is 8.24. The van der Waals surface area contributed by atoms with E-state index in [1.165, 1.54) is 12.1 Å². The molecule has 4 heterocycles. The average Bonchev–Trinajstić information content (AvgIpc) is 3.26. The zero-order valence-corrected chi connectivity index (χ0v) is 17.8. The van der Waals surface area contributed by atoms with Gasteiger partial charge in [0.05, 0.1) is 17.8 Å². The van der Waals surface area contributed by atoms with Gasteiger partial charge < -0.3 is 10.4 Å². The zero-order valence-electron chi connectivity index (χ0n) is 17.8. The number of piperidine rings is 1. The van der Waals surface area contributed by atoms with Gasteiger partial charge in [-0.2, -0.15) is 5.10 Å². The second kappa shape index (κ2) is 9.05. The highest BCUT2D eigenvalue weighted by atomic mass is 19.1. The lowest BCUT2D eigenvalue weighted by Crippen LogP contribution is -2.35. The number of carbonyl (C=O) groups excluding carboxylic acids is 1. The number of fused-ring (bicyclic) bond motifs is 1. The number of hydrogen-bond acceptors (Lipinski definition) is 6. The molecule has 1 aliphatic rings. The van der Waals surface area contributed by atoms with E-state index < -0.39 is 11.7 Å². The molecule has 0 spiro atoms. The Morgan fingerprint density at radius 1 is 1.12 bits per heavy atom. The molecule has 3 aromatic heterocycles. The Balaban J connectivity index is 1.38. The van der Waals surface area contributed by atoms with E-state index in [-0.39, 0.29) is 17.6 Å². The molecule has 1 aliphatic heterocycles. The van der Waals surface area contributed by atoms with Crippen LogP contribution in [0.2, 0.25) is 0 Å². The van der Waals surface area contributed by atoms with Gasteiger partial charge in [-0.3, -0.25) is 19.8 Å². The molecule has 0 radical (unpaired) electrons. The highest BCUT2D eigenvalue weighted by Gasteiger charge is 2.18. The van der Waals surface area contributed by atoms with Gasteiger partial charge in [-0.1, -0.05) is 6.07 Å². The number of carbonyl (C=O) groups is 1. The van der Waals surface area contributed by atoms with Gasteiger partial charge in [-0.25, -0.2) is 9.37 Å². The van der Waals surface area contributed by atoms with Crippen molar-refractivity contribution in [2.45, 2.75) is 25.5 Å². The van der Waals surface area contributed by atoms with Crippen LogP contribution in [-0.2, 0) is 6.54 Å². The van der Waals surface area contributed by atoms with Gasteiger partial charge in [-0.15, -0.1) is 0 Å². The molecule has 0 unspecified atom stereocenters. The number of aliphatic hydroxyl groups is 1. The predicted molar refractivity (Wildman–Crippen MR) is 122 cm³/mol. The highest BCUT2D eigenvalue weighted by molar-refractivity contribution is 6.11. The normalized spacial score (nSPS) is 15.1. The molecule has 1 saturated heterocycles. The van der Waals surface area contributed by atoms with Crippen LogP contribution >= 0.6 is 0 Å². The van der Waals surface area contributed by atoms with Crippen LogP contribution in [0.3, 0.4) is 0 Å². The summed E-state index contributed by atoms with van der Waals surface area (Å²) < 4.78 is 13.1. The van der Waals surface area contributed by atoms with E-state index in [4.69, 9.17) is 0 Å². The Kier molecular flexibility index (Phi) is 5.80. The molecule has 0 aliphatic carbocycles. The summed E-state index contributed by atoms with van der Waals surface area (Å²) in [5.74, 6) is -0.663. The van der Waals surface area contributed by atoms with Crippen LogP contribution in [0, 0.1) is 5.82 Å². The fraction of sp³-hybridized carbons (Fsp3) is 0.250. The quantitative estimate of drug-likeness (QED) is 0.434. The molecule has 0 bridgehead atoms. The molecular weight excluding hydrogens is 423 g/mol. The number of aliphatic hydroxyl groups excluding tert-OH is 1. The minimum absolute atomic E-state index is 0.197. The Morgan fingerprint density at radius 2 is 1.97 bits per heavy atom. The van der Waals surface area contributed by atoms with Crippen molar-refractivity contribution >= 4 is 22.6 Å². The summed E-state index contributed by atoms with van der Waals surface area (Å²) in [6.07, 6.45) is 6.09. The highest BCUT2D eigenvalue weighted by Crippen LogP contribution is 2.26. The molecule has 33 heavy (non-hydrogen) atoms. The minimum atomic E-state index is -0.475. The van der Waals surface area contributed by atoms with Crippen molar-refractivity contribution in [1.82, 2.24) is 25.1 Å². The van der Waals surface area contributed by atoms with Gasteiger partial charge in [0.1, 0.15) is 11.6 Å². The third-order valence-corrected chi connectivity index (χ3v) is 5.84. The molecule has 0 atom stereocenters. The summed E-state index contributed by atoms with van der Waals surface area (Å²) in [5, 5.41) is 20.1. The second-order valence-corrected chi connectivity index (χ2v) is 8.24. The van der Waals surface area contributed by atoms with Crippen LogP contribution in [0.1, 0.15) is 28.9 Å². The van der Waals surface area contributed by atoms with Gasteiger partial charge in [0, 0.05) is 43.0 Å². The first kappa shape index (κ1) is 21.2. The number of anilines is 1. The van der Waals surface area contributed by atoms with Gasteiger partial charge in [0.15, 0.2) is 5.69 Å². The minimum Gasteiger partial charge on any atom is -0.393 e. The average molecular weight is 446 g/mol. The van der Waals surface area contributed by atoms with Crippen molar-refractivity contribution < 1.29 is 14.3 Å². The topological polar surface area (TPSA) is 107 Å². The number of aromatic amines is 1. The maximum Gasteiger partial charge on any atom is 0.277 e. The van der Waals surface area contributed by atoms with Crippen LogP contribution in [0.25, 0.3) is 22.0 Å². The smallest absolute Gasteiger partial charge is 0.277 e. The largest absolute Gasteiger partial charge is 0.393 e. The number of halogens is 1. The first-order chi connectivity index (χ1) is 16.0. The maximum absolute atomic E-state index is 13.1. The Labute approximate surface area is 189 Å². The van der Waals surface area contributed by atoms with Crippen molar-refractivity contribution in [3.63, 3.8) is 0 Å². The third kappa shape index (κ3) is 4.74. The molecular formula is C24H23FN6O2. The SMILES string of the molecule is O=C(Nc1ccc(F)cn1)c1n[nH]c2ccc(-c3cncc(CN4CCC(O)CC4)c3)cc12. The monoisotopic (exact) mass is 446 g/mol. The lowest BCUT2D eigenvalue weighted by atomic mass is 10.0. The molecule has 4 aromatic rings. The van der Waals surface area contributed by atoms with E-state index >= 15 is 0 Å². The van der Waals surface area contributed by atoms with Crippen molar-refractivity contribution in [1.29, 1.82) is 0 Å². The number of hydrogen-bond donors (Lipinski definition) is 3. The van der Waals surface area contributed by atoms with Gasteiger partial charge in [-0.05, 0) is 54.3 Å². The van der Waals surface area contributed by atoms with Gasteiger partial charge in [0.25, 0.3) is 5.91 Å². The van der Waals surface area contributed by atoms with E-state index in [9.17, 15) is 14.3 Å². The van der Waals surface area contributed by atoms with E-state index in [0.29, 0.717) is 5.39 Å². The van der Waals surface area contributed by atoms with Gasteiger partial charge in [0.2, 0.25) is 0 Å². The summed E-state index contributed by atoms with van der Waals surface area (Å²) in [6.45, 7) is 2.52. The number of nitrogens with one attached hydrogen (secondary N) is 2. The summed E-state index contributed by atoms with van der Waals surface area (Å²) in [4.78, 5) is 23.4. The zero-order chi connectivity index (χ0) is 22.8.